The van der Waals surface area contributed by atoms with Crippen LogP contribution >= 0.6 is 0 Å². The van der Waals surface area contributed by atoms with Crippen molar-refractivity contribution in [3.8, 4) is 0 Å². The molecular formula is C19H20N6O2. The summed E-state index contributed by atoms with van der Waals surface area (Å²) in [5, 5.41) is 0.456. The highest BCUT2D eigenvalue weighted by atomic mass is 16.2. The Morgan fingerprint density at radius 2 is 2.11 bits per heavy atom. The molecule has 0 radical (unpaired) electrons. The number of nitrogens with zero attached hydrogens (tertiary/aromatic N) is 5. The Balaban J connectivity index is 1.76. The summed E-state index contributed by atoms with van der Waals surface area (Å²) in [6.07, 6.45) is 3.95. The number of rotatable bonds is 2. The maximum Gasteiger partial charge on any atom is 0.259 e. The van der Waals surface area contributed by atoms with Crippen LogP contribution in [0.2, 0.25) is 0 Å². The monoisotopic (exact) mass is 364 g/mol. The molecule has 0 fully saturated rings. The number of carbonyl (C=O) groups is 1. The second-order valence-corrected chi connectivity index (χ2v) is 6.66. The number of amides is 1. The Morgan fingerprint density at radius 3 is 2.89 bits per heavy atom. The largest absolute Gasteiger partial charge is 0.368 e. The summed E-state index contributed by atoms with van der Waals surface area (Å²) in [6.45, 7) is 5.27. The number of nitrogens with two attached hydrogens (primary N) is 1. The van der Waals surface area contributed by atoms with Crippen LogP contribution in [0.15, 0.2) is 29.3 Å². The molecule has 3 aromatic rings. The number of hydrogen-bond acceptors (Lipinski definition) is 6. The van der Waals surface area contributed by atoms with Crippen LogP contribution in [0.5, 0.6) is 0 Å². The van der Waals surface area contributed by atoms with Gasteiger partial charge in [-0.3, -0.25) is 9.59 Å². The minimum Gasteiger partial charge on any atom is -0.368 e. The van der Waals surface area contributed by atoms with E-state index >= 15 is 0 Å². The number of fused-ring (bicyclic) bond motifs is 2. The van der Waals surface area contributed by atoms with E-state index in [1.807, 2.05) is 18.4 Å². The zero-order chi connectivity index (χ0) is 19.1. The van der Waals surface area contributed by atoms with Gasteiger partial charge in [0.25, 0.3) is 5.91 Å². The summed E-state index contributed by atoms with van der Waals surface area (Å²) in [7, 11) is 0. The molecule has 8 nitrogen and oxygen atoms in total. The second-order valence-electron chi connectivity index (χ2n) is 6.66. The molecule has 4 rings (SSSR count). The van der Waals surface area contributed by atoms with Crippen molar-refractivity contribution in [2.24, 2.45) is 0 Å². The number of carbonyl (C=O) groups excluding carboxylic acids is 1. The van der Waals surface area contributed by atoms with Crippen LogP contribution in [-0.4, -0.2) is 36.9 Å². The molecule has 2 N–H and O–H groups in total. The Labute approximate surface area is 155 Å². The summed E-state index contributed by atoms with van der Waals surface area (Å²) >= 11 is 0. The summed E-state index contributed by atoms with van der Waals surface area (Å²) in [4.78, 5) is 40.4. The van der Waals surface area contributed by atoms with E-state index < -0.39 is 0 Å². The Hall–Kier alpha value is -3.29. The number of pyridine rings is 2. The normalized spacial score (nSPS) is 13.6. The summed E-state index contributed by atoms with van der Waals surface area (Å²) in [5.74, 6) is -0.115. The average molecular weight is 364 g/mol. The molecule has 3 aromatic heterocycles. The molecule has 0 atom stereocenters. The molecule has 0 unspecified atom stereocenters. The van der Waals surface area contributed by atoms with E-state index in [0.29, 0.717) is 37.1 Å². The fourth-order valence-electron chi connectivity index (χ4n) is 3.42. The van der Waals surface area contributed by atoms with E-state index in [1.165, 1.54) is 0 Å². The minimum atomic E-state index is -0.299. The molecule has 1 aliphatic heterocycles. The van der Waals surface area contributed by atoms with E-state index in [9.17, 15) is 9.59 Å². The van der Waals surface area contributed by atoms with Crippen molar-refractivity contribution >= 4 is 22.9 Å². The summed E-state index contributed by atoms with van der Waals surface area (Å²) < 4.78 is 1.84. The lowest BCUT2D eigenvalue weighted by Crippen LogP contribution is -2.39. The van der Waals surface area contributed by atoms with Crippen molar-refractivity contribution in [3.05, 3.63) is 57.3 Å². The Bertz CT molecular complexity index is 1120. The number of aryl methyl sites for hydroxylation is 2. The van der Waals surface area contributed by atoms with E-state index in [4.69, 9.17) is 5.73 Å². The fourth-order valence-corrected chi connectivity index (χ4v) is 3.42. The molecule has 0 bridgehead atoms. The molecule has 1 amide bonds. The quantitative estimate of drug-likeness (QED) is 0.734. The third kappa shape index (κ3) is 2.92. The molecule has 0 aromatic carbocycles. The van der Waals surface area contributed by atoms with Gasteiger partial charge in [0.1, 0.15) is 11.2 Å². The number of aromatic nitrogens is 4. The van der Waals surface area contributed by atoms with E-state index in [0.717, 1.165) is 17.0 Å². The molecule has 1 aliphatic rings. The lowest BCUT2D eigenvalue weighted by atomic mass is 10.1. The van der Waals surface area contributed by atoms with Gasteiger partial charge in [-0.1, -0.05) is 0 Å². The molecule has 0 saturated heterocycles. The van der Waals surface area contributed by atoms with E-state index in [-0.39, 0.29) is 22.8 Å². The lowest BCUT2D eigenvalue weighted by molar-refractivity contribution is 0.0730. The van der Waals surface area contributed by atoms with Gasteiger partial charge >= 0.3 is 0 Å². The molecule has 0 saturated carbocycles. The number of anilines is 1. The van der Waals surface area contributed by atoms with Crippen molar-refractivity contribution < 1.29 is 4.79 Å². The van der Waals surface area contributed by atoms with Crippen molar-refractivity contribution in [1.29, 1.82) is 0 Å². The maximum atomic E-state index is 13.1. The Morgan fingerprint density at radius 1 is 1.30 bits per heavy atom. The van der Waals surface area contributed by atoms with Gasteiger partial charge in [0.05, 0.1) is 17.6 Å². The average Bonchev–Trinajstić information content (AvgIpc) is 2.67. The first-order valence-corrected chi connectivity index (χ1v) is 8.88. The van der Waals surface area contributed by atoms with Crippen LogP contribution in [-0.2, 0) is 19.5 Å². The van der Waals surface area contributed by atoms with Gasteiger partial charge in [0.15, 0.2) is 0 Å². The van der Waals surface area contributed by atoms with Gasteiger partial charge in [-0.05, 0) is 38.0 Å². The Kier molecular flexibility index (Phi) is 4.10. The van der Waals surface area contributed by atoms with Gasteiger partial charge in [-0.25, -0.2) is 15.0 Å². The van der Waals surface area contributed by atoms with Crippen LogP contribution in [0.3, 0.4) is 0 Å². The standard InChI is InChI=1S/C19H20N6O2/c1-3-24-9-14(16(26)13-5-4-11(2)22-17(13)24)18(27)25-7-6-12-8-21-19(20)23-15(12)10-25/h4-5,8-9H,3,6-7,10H2,1-2H3,(H2,20,21,23). The topological polar surface area (TPSA) is 107 Å². The summed E-state index contributed by atoms with van der Waals surface area (Å²) in [6, 6.07) is 3.52. The first-order valence-electron chi connectivity index (χ1n) is 8.88. The highest BCUT2D eigenvalue weighted by molar-refractivity contribution is 5.97. The SMILES string of the molecule is CCn1cc(C(=O)N2CCc3cnc(N)nc3C2)c(=O)c2ccc(C)nc21. The molecule has 0 spiro atoms. The zero-order valence-electron chi connectivity index (χ0n) is 15.3. The van der Waals surface area contributed by atoms with Crippen molar-refractivity contribution in [2.75, 3.05) is 12.3 Å². The first kappa shape index (κ1) is 17.1. The van der Waals surface area contributed by atoms with Gasteiger partial charge in [-0.15, -0.1) is 0 Å². The third-order valence-electron chi connectivity index (χ3n) is 4.88. The van der Waals surface area contributed by atoms with Crippen LogP contribution in [0, 0.1) is 6.92 Å². The predicted molar refractivity (Wildman–Crippen MR) is 101 cm³/mol. The molecule has 138 valence electrons. The smallest absolute Gasteiger partial charge is 0.259 e. The van der Waals surface area contributed by atoms with Crippen molar-refractivity contribution in [1.82, 2.24) is 24.4 Å². The van der Waals surface area contributed by atoms with Gasteiger partial charge in [-0.2, -0.15) is 0 Å². The maximum absolute atomic E-state index is 13.1. The number of hydrogen-bond donors (Lipinski definition) is 1. The lowest BCUT2D eigenvalue weighted by Gasteiger charge is -2.28. The van der Waals surface area contributed by atoms with Crippen LogP contribution in [0.1, 0.15) is 34.2 Å². The van der Waals surface area contributed by atoms with Gasteiger partial charge < -0.3 is 15.2 Å². The summed E-state index contributed by atoms with van der Waals surface area (Å²) in [5.41, 5.74) is 8.67. The highest BCUT2D eigenvalue weighted by Gasteiger charge is 2.26. The zero-order valence-corrected chi connectivity index (χ0v) is 15.3. The van der Waals surface area contributed by atoms with Gasteiger partial charge in [0, 0.05) is 31.2 Å². The first-order chi connectivity index (χ1) is 13.0. The molecule has 8 heteroatoms. The minimum absolute atomic E-state index is 0.153. The molecule has 4 heterocycles. The van der Waals surface area contributed by atoms with E-state index in [1.54, 1.807) is 29.4 Å². The number of nitrogen functional groups attached to an aromatic ring is 1. The highest BCUT2D eigenvalue weighted by Crippen LogP contribution is 2.19. The fraction of sp³-hybridized carbons (Fsp3) is 0.316. The third-order valence-corrected chi connectivity index (χ3v) is 4.88. The second kappa shape index (κ2) is 6.46. The van der Waals surface area contributed by atoms with Crippen LogP contribution < -0.4 is 11.2 Å². The van der Waals surface area contributed by atoms with Crippen molar-refractivity contribution in [3.63, 3.8) is 0 Å². The molecular weight excluding hydrogens is 344 g/mol. The van der Waals surface area contributed by atoms with Crippen LogP contribution in [0.4, 0.5) is 5.95 Å². The van der Waals surface area contributed by atoms with Gasteiger partial charge in [0.2, 0.25) is 11.4 Å². The molecule has 27 heavy (non-hydrogen) atoms. The van der Waals surface area contributed by atoms with Crippen LogP contribution in [0.25, 0.3) is 11.0 Å². The molecule has 0 aliphatic carbocycles. The van der Waals surface area contributed by atoms with E-state index in [2.05, 4.69) is 15.0 Å². The van der Waals surface area contributed by atoms with Crippen molar-refractivity contribution in [2.45, 2.75) is 33.4 Å². The predicted octanol–water partition coefficient (Wildman–Crippen LogP) is 1.30.